The topological polar surface area (TPSA) is 12.4 Å². The van der Waals surface area contributed by atoms with Gasteiger partial charge in [0, 0.05) is 11.6 Å². The van der Waals surface area contributed by atoms with Crippen molar-refractivity contribution in [2.75, 3.05) is 0 Å². The Morgan fingerprint density at radius 3 is 1.83 bits per heavy atom. The maximum absolute atomic E-state index is 5.12. The van der Waals surface area contributed by atoms with E-state index in [9.17, 15) is 0 Å². The minimum atomic E-state index is 0.272. The fourth-order valence-electron chi connectivity index (χ4n) is 8.68. The Morgan fingerprint density at radius 2 is 1.13 bits per heavy atom. The normalized spacial score (nSPS) is 15.9. The SMILES string of the molecule is CCc1ccccc1/N=C(\C)c1ccccc1C1C=CC(c2ccc(-c3c4ccccc4c(-c4cccc5ccccc45)c4ccccc34)cc2)=CC1C. The molecule has 1 aliphatic carbocycles. The maximum Gasteiger partial charge on any atom is 0.0664 e. The van der Waals surface area contributed by atoms with Crippen LogP contribution in [0, 0.1) is 5.92 Å². The van der Waals surface area contributed by atoms with E-state index in [1.807, 2.05) is 0 Å². The van der Waals surface area contributed by atoms with Crippen LogP contribution in [0.1, 0.15) is 48.9 Å². The van der Waals surface area contributed by atoms with Crippen molar-refractivity contribution in [2.45, 2.75) is 33.1 Å². The van der Waals surface area contributed by atoms with Crippen LogP contribution in [-0.2, 0) is 6.42 Å². The lowest BCUT2D eigenvalue weighted by Crippen LogP contribution is -2.13. The van der Waals surface area contributed by atoms with Gasteiger partial charge in [0.15, 0.2) is 0 Å². The predicted octanol–water partition coefficient (Wildman–Crippen LogP) is 14.6. The van der Waals surface area contributed by atoms with Crippen molar-refractivity contribution in [1.29, 1.82) is 0 Å². The van der Waals surface area contributed by atoms with Gasteiger partial charge in [-0.1, -0.05) is 190 Å². The molecule has 2 atom stereocenters. The van der Waals surface area contributed by atoms with Gasteiger partial charge in [-0.2, -0.15) is 0 Å². The number of aryl methyl sites for hydroxylation is 1. The van der Waals surface area contributed by atoms with Crippen LogP contribution >= 0.6 is 0 Å². The first-order valence-electron chi connectivity index (χ1n) is 19.2. The third kappa shape index (κ3) is 5.96. The van der Waals surface area contributed by atoms with Crippen molar-refractivity contribution in [2.24, 2.45) is 10.9 Å². The third-order valence-electron chi connectivity index (χ3n) is 11.4. The Kier molecular flexibility index (Phi) is 8.85. The molecule has 0 amide bonds. The zero-order chi connectivity index (χ0) is 36.6. The molecule has 9 rings (SSSR count). The lowest BCUT2D eigenvalue weighted by atomic mass is 9.78. The molecule has 0 bridgehead atoms. The largest absolute Gasteiger partial charge is 0.253 e. The number of allylic oxidation sites excluding steroid dienone is 4. The summed E-state index contributed by atoms with van der Waals surface area (Å²) in [5.41, 5.74) is 13.5. The van der Waals surface area contributed by atoms with Gasteiger partial charge in [0.2, 0.25) is 0 Å². The molecule has 0 saturated heterocycles. The van der Waals surface area contributed by atoms with Gasteiger partial charge in [0.05, 0.1) is 5.69 Å². The molecule has 0 heterocycles. The average molecular weight is 694 g/mol. The molecule has 0 aromatic heterocycles. The van der Waals surface area contributed by atoms with E-state index in [1.165, 1.54) is 82.4 Å². The Bertz CT molecular complexity index is 2720. The number of benzene rings is 8. The van der Waals surface area contributed by atoms with E-state index in [-0.39, 0.29) is 5.92 Å². The number of aliphatic imine (C=N–C) groups is 1. The lowest BCUT2D eigenvalue weighted by Gasteiger charge is -2.26. The first-order valence-corrected chi connectivity index (χ1v) is 19.2. The minimum Gasteiger partial charge on any atom is -0.253 e. The van der Waals surface area contributed by atoms with Gasteiger partial charge in [-0.05, 0) is 108 Å². The van der Waals surface area contributed by atoms with Gasteiger partial charge < -0.3 is 0 Å². The van der Waals surface area contributed by atoms with E-state index in [4.69, 9.17) is 4.99 Å². The molecule has 260 valence electrons. The second-order valence-electron chi connectivity index (χ2n) is 14.6. The van der Waals surface area contributed by atoms with Crippen molar-refractivity contribution in [3.8, 4) is 22.3 Å². The van der Waals surface area contributed by atoms with Gasteiger partial charge in [0.25, 0.3) is 0 Å². The van der Waals surface area contributed by atoms with Crippen LogP contribution in [0.3, 0.4) is 0 Å². The first-order chi connectivity index (χ1) is 26.6. The standard InChI is InChI=1S/C53H43N/c1-4-37-16-6-14-27-51(37)54-36(3)43-19-8-9-21-45(43)42-33-32-41(34-35(42)2)38-28-30-40(31-29-38)52-47-22-10-12-24-49(47)53(50-25-13-11-23-48(50)52)46-26-15-18-39-17-5-7-20-44(39)46/h5-35,42H,4H2,1-3H3/b54-36+. The van der Waals surface area contributed by atoms with Crippen molar-refractivity contribution in [3.05, 3.63) is 204 Å². The summed E-state index contributed by atoms with van der Waals surface area (Å²) in [7, 11) is 0. The monoisotopic (exact) mass is 693 g/mol. The van der Waals surface area contributed by atoms with Crippen molar-refractivity contribution in [1.82, 2.24) is 0 Å². The molecule has 0 N–H and O–H groups in total. The zero-order valence-electron chi connectivity index (χ0n) is 31.1. The highest BCUT2D eigenvalue weighted by atomic mass is 14.7. The maximum atomic E-state index is 5.12. The van der Waals surface area contributed by atoms with E-state index in [1.54, 1.807) is 0 Å². The number of nitrogens with zero attached hydrogens (tertiary/aromatic N) is 1. The molecule has 0 radical (unpaired) electrons. The summed E-state index contributed by atoms with van der Waals surface area (Å²) in [6, 6.07) is 59.8. The van der Waals surface area contributed by atoms with Gasteiger partial charge in [0.1, 0.15) is 0 Å². The van der Waals surface area contributed by atoms with Gasteiger partial charge in [-0.3, -0.25) is 4.99 Å². The summed E-state index contributed by atoms with van der Waals surface area (Å²) >= 11 is 0. The number of para-hydroxylation sites is 1. The zero-order valence-corrected chi connectivity index (χ0v) is 31.1. The second kappa shape index (κ2) is 14.3. The summed E-state index contributed by atoms with van der Waals surface area (Å²) in [5, 5.41) is 7.64. The third-order valence-corrected chi connectivity index (χ3v) is 11.4. The van der Waals surface area contributed by atoms with Crippen molar-refractivity contribution in [3.63, 3.8) is 0 Å². The van der Waals surface area contributed by atoms with Gasteiger partial charge in [-0.15, -0.1) is 0 Å². The molecule has 8 aromatic rings. The summed E-state index contributed by atoms with van der Waals surface area (Å²) in [6.45, 7) is 6.68. The molecule has 0 saturated carbocycles. The molecule has 0 spiro atoms. The Morgan fingerprint density at radius 1 is 0.556 bits per heavy atom. The van der Waals surface area contributed by atoms with Gasteiger partial charge >= 0.3 is 0 Å². The summed E-state index contributed by atoms with van der Waals surface area (Å²) in [5.74, 6) is 0.602. The summed E-state index contributed by atoms with van der Waals surface area (Å²) in [4.78, 5) is 5.12. The molecule has 0 aliphatic heterocycles. The minimum absolute atomic E-state index is 0.272. The van der Waals surface area contributed by atoms with Crippen LogP contribution in [0.15, 0.2) is 187 Å². The molecule has 1 nitrogen and oxygen atoms in total. The fourth-order valence-corrected chi connectivity index (χ4v) is 8.68. The Hall–Kier alpha value is -6.31. The number of hydrogen-bond acceptors (Lipinski definition) is 1. The van der Waals surface area contributed by atoms with E-state index in [0.29, 0.717) is 5.92 Å². The fraction of sp³-hybridized carbons (Fsp3) is 0.113. The second-order valence-corrected chi connectivity index (χ2v) is 14.6. The number of rotatable bonds is 7. The van der Waals surface area contributed by atoms with Gasteiger partial charge in [-0.25, -0.2) is 0 Å². The highest BCUT2D eigenvalue weighted by Gasteiger charge is 2.23. The molecule has 54 heavy (non-hydrogen) atoms. The van der Waals surface area contributed by atoms with E-state index in [2.05, 4.69) is 203 Å². The van der Waals surface area contributed by atoms with Crippen LogP contribution in [0.4, 0.5) is 5.69 Å². The van der Waals surface area contributed by atoms with Crippen molar-refractivity contribution < 1.29 is 0 Å². The van der Waals surface area contributed by atoms with Crippen LogP contribution < -0.4 is 0 Å². The molecule has 8 aromatic carbocycles. The molecular formula is C53H43N. The van der Waals surface area contributed by atoms with E-state index < -0.39 is 0 Å². The van der Waals surface area contributed by atoms with Crippen LogP contribution in [-0.4, -0.2) is 5.71 Å². The molecule has 0 fully saturated rings. The lowest BCUT2D eigenvalue weighted by molar-refractivity contribution is 0.637. The number of fused-ring (bicyclic) bond motifs is 3. The summed E-state index contributed by atoms with van der Waals surface area (Å²) < 4.78 is 0. The first kappa shape index (κ1) is 33.5. The Balaban J connectivity index is 1.07. The Labute approximate surface area is 318 Å². The van der Waals surface area contributed by atoms with Crippen LogP contribution in [0.25, 0.3) is 60.1 Å². The van der Waals surface area contributed by atoms with E-state index in [0.717, 1.165) is 17.8 Å². The molecule has 1 aliphatic rings. The average Bonchev–Trinajstić information content (AvgIpc) is 3.23. The molecular weight excluding hydrogens is 651 g/mol. The van der Waals surface area contributed by atoms with E-state index >= 15 is 0 Å². The van der Waals surface area contributed by atoms with Crippen LogP contribution in [0.5, 0.6) is 0 Å². The highest BCUT2D eigenvalue weighted by molar-refractivity contribution is 6.23. The quantitative estimate of drug-likeness (QED) is 0.116. The van der Waals surface area contributed by atoms with Crippen LogP contribution in [0.2, 0.25) is 0 Å². The molecule has 2 unspecified atom stereocenters. The predicted molar refractivity (Wildman–Crippen MR) is 233 cm³/mol. The summed E-state index contributed by atoms with van der Waals surface area (Å²) in [6.07, 6.45) is 8.13. The smallest absolute Gasteiger partial charge is 0.0664 e. The number of hydrogen-bond donors (Lipinski definition) is 0. The highest BCUT2D eigenvalue weighted by Crippen LogP contribution is 2.45. The molecule has 1 heteroatoms. The van der Waals surface area contributed by atoms with Crippen molar-refractivity contribution >= 4 is 49.3 Å².